The highest BCUT2D eigenvalue weighted by atomic mass is 15.1. The van der Waals surface area contributed by atoms with E-state index in [1.54, 1.807) is 0 Å². The Kier molecular flexibility index (Phi) is 6.35. The molecule has 0 aromatic carbocycles. The van der Waals surface area contributed by atoms with E-state index in [0.29, 0.717) is 5.41 Å². The van der Waals surface area contributed by atoms with Gasteiger partial charge in [-0.15, -0.1) is 0 Å². The van der Waals surface area contributed by atoms with Gasteiger partial charge in [-0.3, -0.25) is 0 Å². The molecule has 2 heteroatoms. The summed E-state index contributed by atoms with van der Waals surface area (Å²) in [5, 5.41) is 3.97. The molecule has 0 aromatic heterocycles. The smallest absolute Gasteiger partial charge is 0.00799 e. The van der Waals surface area contributed by atoms with Crippen molar-refractivity contribution in [3.05, 3.63) is 0 Å². The van der Waals surface area contributed by atoms with Crippen LogP contribution >= 0.6 is 0 Å². The number of nitrogens with zero attached hydrogens (tertiary/aromatic N) is 1. The van der Waals surface area contributed by atoms with E-state index in [1.165, 1.54) is 77.5 Å². The van der Waals surface area contributed by atoms with Gasteiger partial charge in [0.05, 0.1) is 0 Å². The fourth-order valence-electron chi connectivity index (χ4n) is 4.48. The molecule has 0 spiro atoms. The zero-order chi connectivity index (χ0) is 14.4. The van der Waals surface area contributed by atoms with Crippen LogP contribution in [0.4, 0.5) is 0 Å². The molecular formula is C18H36N2. The van der Waals surface area contributed by atoms with Crippen molar-refractivity contribution in [1.29, 1.82) is 0 Å². The van der Waals surface area contributed by atoms with Gasteiger partial charge in [0.1, 0.15) is 0 Å². The molecule has 1 unspecified atom stereocenters. The first kappa shape index (κ1) is 16.3. The Bertz CT molecular complexity index is 269. The second-order valence-electron chi connectivity index (χ2n) is 7.75. The fourth-order valence-corrected chi connectivity index (χ4v) is 4.48. The van der Waals surface area contributed by atoms with E-state index in [2.05, 4.69) is 31.0 Å². The molecule has 1 aliphatic carbocycles. The molecule has 0 amide bonds. The predicted molar refractivity (Wildman–Crippen MR) is 88.1 cm³/mol. The maximum absolute atomic E-state index is 3.97. The average Bonchev–Trinajstić information content (AvgIpc) is 2.74. The second-order valence-corrected chi connectivity index (χ2v) is 7.75. The third-order valence-corrected chi connectivity index (χ3v) is 5.54. The standard InChI is InChI=1S/C18H36N2/c1-4-20-12-7-8-17(9-13-20)19-15-18(14-16(2)3)10-5-6-11-18/h16-17,19H,4-15H2,1-3H3. The lowest BCUT2D eigenvalue weighted by molar-refractivity contribution is 0.211. The quantitative estimate of drug-likeness (QED) is 0.789. The van der Waals surface area contributed by atoms with Gasteiger partial charge in [0, 0.05) is 12.6 Å². The Labute approximate surface area is 126 Å². The van der Waals surface area contributed by atoms with Crippen LogP contribution in [0.25, 0.3) is 0 Å². The van der Waals surface area contributed by atoms with Crippen LogP contribution in [0.1, 0.15) is 72.1 Å². The Balaban J connectivity index is 1.80. The first-order chi connectivity index (χ1) is 9.63. The number of nitrogens with one attached hydrogen (secondary N) is 1. The van der Waals surface area contributed by atoms with E-state index >= 15 is 0 Å². The summed E-state index contributed by atoms with van der Waals surface area (Å²) in [4.78, 5) is 2.61. The molecule has 1 N–H and O–H groups in total. The molecule has 0 bridgehead atoms. The van der Waals surface area contributed by atoms with Gasteiger partial charge in [-0.25, -0.2) is 0 Å². The predicted octanol–water partition coefficient (Wildman–Crippen LogP) is 4.06. The van der Waals surface area contributed by atoms with Crippen LogP contribution in [0, 0.1) is 11.3 Å². The first-order valence-electron chi connectivity index (χ1n) is 9.09. The van der Waals surface area contributed by atoms with Crippen LogP contribution in [-0.4, -0.2) is 37.1 Å². The molecule has 1 atom stereocenters. The topological polar surface area (TPSA) is 15.3 Å². The largest absolute Gasteiger partial charge is 0.313 e. The lowest BCUT2D eigenvalue weighted by Crippen LogP contribution is -2.39. The Hall–Kier alpha value is -0.0800. The van der Waals surface area contributed by atoms with Crippen molar-refractivity contribution in [3.8, 4) is 0 Å². The molecule has 1 heterocycles. The molecule has 20 heavy (non-hydrogen) atoms. The number of likely N-dealkylation sites (tertiary alicyclic amines) is 1. The summed E-state index contributed by atoms with van der Waals surface area (Å²) in [5.41, 5.74) is 0.630. The van der Waals surface area contributed by atoms with Gasteiger partial charge < -0.3 is 10.2 Å². The van der Waals surface area contributed by atoms with Crippen molar-refractivity contribution >= 4 is 0 Å². The third kappa shape index (κ3) is 4.73. The van der Waals surface area contributed by atoms with Crippen LogP contribution in [0.5, 0.6) is 0 Å². The van der Waals surface area contributed by atoms with E-state index < -0.39 is 0 Å². The minimum atomic E-state index is 0.630. The van der Waals surface area contributed by atoms with Gasteiger partial charge in [-0.2, -0.15) is 0 Å². The van der Waals surface area contributed by atoms with Gasteiger partial charge in [-0.05, 0) is 69.5 Å². The zero-order valence-electron chi connectivity index (χ0n) is 14.1. The van der Waals surface area contributed by atoms with Crippen molar-refractivity contribution in [3.63, 3.8) is 0 Å². The maximum Gasteiger partial charge on any atom is 0.00799 e. The van der Waals surface area contributed by atoms with Crippen LogP contribution in [0.15, 0.2) is 0 Å². The molecule has 2 fully saturated rings. The van der Waals surface area contributed by atoms with Gasteiger partial charge >= 0.3 is 0 Å². The minimum absolute atomic E-state index is 0.630. The van der Waals surface area contributed by atoms with E-state index in [4.69, 9.17) is 0 Å². The Morgan fingerprint density at radius 3 is 2.50 bits per heavy atom. The molecule has 1 saturated carbocycles. The van der Waals surface area contributed by atoms with Crippen molar-refractivity contribution < 1.29 is 0 Å². The summed E-state index contributed by atoms with van der Waals surface area (Å²) >= 11 is 0. The zero-order valence-corrected chi connectivity index (χ0v) is 14.1. The normalized spacial score (nSPS) is 27.9. The summed E-state index contributed by atoms with van der Waals surface area (Å²) in [6.07, 6.45) is 11.4. The maximum atomic E-state index is 3.97. The van der Waals surface area contributed by atoms with Gasteiger partial charge in [0.2, 0.25) is 0 Å². The van der Waals surface area contributed by atoms with Crippen molar-refractivity contribution in [1.82, 2.24) is 10.2 Å². The lowest BCUT2D eigenvalue weighted by Gasteiger charge is -2.33. The molecule has 2 nitrogen and oxygen atoms in total. The van der Waals surface area contributed by atoms with E-state index in [0.717, 1.165) is 12.0 Å². The molecule has 0 aromatic rings. The molecular weight excluding hydrogens is 244 g/mol. The lowest BCUT2D eigenvalue weighted by atomic mass is 9.78. The Morgan fingerprint density at radius 1 is 1.10 bits per heavy atom. The molecule has 2 rings (SSSR count). The Morgan fingerprint density at radius 2 is 1.85 bits per heavy atom. The van der Waals surface area contributed by atoms with Crippen LogP contribution < -0.4 is 5.32 Å². The van der Waals surface area contributed by atoms with Crippen LogP contribution in [0.2, 0.25) is 0 Å². The summed E-state index contributed by atoms with van der Waals surface area (Å²) < 4.78 is 0. The fraction of sp³-hybridized carbons (Fsp3) is 1.00. The number of rotatable bonds is 6. The van der Waals surface area contributed by atoms with Gasteiger partial charge in [0.25, 0.3) is 0 Å². The van der Waals surface area contributed by atoms with Crippen LogP contribution in [0.3, 0.4) is 0 Å². The average molecular weight is 280 g/mol. The van der Waals surface area contributed by atoms with E-state index in [-0.39, 0.29) is 0 Å². The third-order valence-electron chi connectivity index (χ3n) is 5.54. The first-order valence-corrected chi connectivity index (χ1v) is 9.09. The van der Waals surface area contributed by atoms with Gasteiger partial charge in [-0.1, -0.05) is 33.6 Å². The van der Waals surface area contributed by atoms with Crippen molar-refractivity contribution in [2.45, 2.75) is 78.2 Å². The summed E-state index contributed by atoms with van der Waals surface area (Å²) in [6, 6.07) is 0.774. The highest BCUT2D eigenvalue weighted by Crippen LogP contribution is 2.42. The summed E-state index contributed by atoms with van der Waals surface area (Å²) in [6.45, 7) is 12.2. The molecule has 118 valence electrons. The molecule has 1 saturated heterocycles. The molecule has 2 aliphatic rings. The van der Waals surface area contributed by atoms with Crippen molar-refractivity contribution in [2.75, 3.05) is 26.2 Å². The van der Waals surface area contributed by atoms with Crippen LogP contribution in [-0.2, 0) is 0 Å². The SMILES string of the molecule is CCN1CCCC(NCC2(CC(C)C)CCCC2)CC1. The van der Waals surface area contributed by atoms with Gasteiger partial charge in [0.15, 0.2) is 0 Å². The van der Waals surface area contributed by atoms with Crippen molar-refractivity contribution in [2.24, 2.45) is 11.3 Å². The van der Waals surface area contributed by atoms with E-state index in [9.17, 15) is 0 Å². The summed E-state index contributed by atoms with van der Waals surface area (Å²) in [7, 11) is 0. The number of hydrogen-bond donors (Lipinski definition) is 1. The highest BCUT2D eigenvalue weighted by Gasteiger charge is 2.34. The minimum Gasteiger partial charge on any atom is -0.313 e. The summed E-state index contributed by atoms with van der Waals surface area (Å²) in [5.74, 6) is 0.847. The second kappa shape index (κ2) is 7.79. The monoisotopic (exact) mass is 280 g/mol. The molecule has 1 aliphatic heterocycles. The highest BCUT2D eigenvalue weighted by molar-refractivity contribution is 4.89. The van der Waals surface area contributed by atoms with E-state index in [1.807, 2.05) is 0 Å². The number of hydrogen-bond acceptors (Lipinski definition) is 2. The molecule has 0 radical (unpaired) electrons.